The number of nitrogens with zero attached hydrogens (tertiary/aromatic N) is 2. The Kier molecular flexibility index (Phi) is 8.57. The molecule has 35 heavy (non-hydrogen) atoms. The van der Waals surface area contributed by atoms with Gasteiger partial charge in [-0.05, 0) is 39.8 Å². The monoisotopic (exact) mass is 538 g/mol. The Morgan fingerprint density at radius 1 is 1.26 bits per heavy atom. The lowest BCUT2D eigenvalue weighted by Crippen LogP contribution is -2.29. The number of rotatable bonds is 8. The molecule has 1 heterocycles. The lowest BCUT2D eigenvalue weighted by molar-refractivity contribution is -0.383. The minimum atomic E-state index is -4.67. The first kappa shape index (κ1) is 28.5. The van der Waals surface area contributed by atoms with Gasteiger partial charge < -0.3 is 9.47 Å². The quantitative estimate of drug-likeness (QED) is 0.126. The number of carbonyl (C=O) groups excluding carboxylic acids is 1. The summed E-state index contributed by atoms with van der Waals surface area (Å²) in [7, 11) is -3.98. The Bertz CT molecular complexity index is 1170. The molecule has 0 saturated heterocycles. The summed E-state index contributed by atoms with van der Waals surface area (Å²) in [5.74, 6) is -1.18. The summed E-state index contributed by atoms with van der Waals surface area (Å²) in [5.41, 5.74) is -2.52. The van der Waals surface area contributed by atoms with Gasteiger partial charge in [0, 0.05) is 24.5 Å². The lowest BCUT2D eigenvalue weighted by Gasteiger charge is -2.25. The average Bonchev–Trinajstić information content (AvgIpc) is 2.73. The minimum absolute atomic E-state index is 0.142. The molecule has 0 N–H and O–H groups in total. The standard InChI is InChI=1S/C21H23ClF3N2O7P/c1-6-35(31,34-12(2)32-19(28)20(3,4)5)17-10-14(7-8-16(17)27(29)30)33-18-15(22)9-13(11-26-18)21(23,24)25/h7-12H,6H2,1-5H3. The van der Waals surface area contributed by atoms with Gasteiger partial charge in [0.2, 0.25) is 19.5 Å². The summed E-state index contributed by atoms with van der Waals surface area (Å²) < 4.78 is 68.2. The number of aromatic nitrogens is 1. The van der Waals surface area contributed by atoms with Crippen LogP contribution in [0.3, 0.4) is 0 Å². The number of benzene rings is 1. The van der Waals surface area contributed by atoms with E-state index in [9.17, 15) is 32.6 Å². The smallest absolute Gasteiger partial charge is 0.417 e. The fourth-order valence-electron chi connectivity index (χ4n) is 2.65. The number of ether oxygens (including phenoxy) is 2. The van der Waals surface area contributed by atoms with Gasteiger partial charge in [0.25, 0.3) is 5.69 Å². The van der Waals surface area contributed by atoms with Crippen LogP contribution in [0.1, 0.15) is 40.2 Å². The molecular weight excluding hydrogens is 516 g/mol. The summed E-state index contributed by atoms with van der Waals surface area (Å²) in [4.78, 5) is 26.5. The lowest BCUT2D eigenvalue weighted by atomic mass is 9.97. The van der Waals surface area contributed by atoms with Crippen molar-refractivity contribution in [3.05, 3.63) is 51.2 Å². The van der Waals surface area contributed by atoms with Crippen molar-refractivity contribution in [1.29, 1.82) is 0 Å². The molecular formula is C21H23ClF3N2O7P. The molecule has 0 bridgehead atoms. The summed E-state index contributed by atoms with van der Waals surface area (Å²) in [6.45, 7) is 7.60. The second kappa shape index (κ2) is 10.5. The maximum Gasteiger partial charge on any atom is 0.417 e. The Hall–Kier alpha value is -2.69. The molecule has 0 aliphatic rings. The zero-order valence-corrected chi connectivity index (χ0v) is 21.0. The highest BCUT2D eigenvalue weighted by atomic mass is 35.5. The average molecular weight is 539 g/mol. The molecule has 2 atom stereocenters. The number of hydrogen-bond acceptors (Lipinski definition) is 8. The van der Waals surface area contributed by atoms with Gasteiger partial charge in [0.1, 0.15) is 16.1 Å². The predicted octanol–water partition coefficient (Wildman–Crippen LogP) is 6.33. The largest absolute Gasteiger partial charge is 0.438 e. The molecule has 2 aromatic rings. The van der Waals surface area contributed by atoms with Crippen molar-refractivity contribution >= 4 is 35.9 Å². The third-order valence-electron chi connectivity index (χ3n) is 4.48. The zero-order chi connectivity index (χ0) is 26.8. The summed E-state index contributed by atoms with van der Waals surface area (Å²) in [5, 5.41) is 10.8. The summed E-state index contributed by atoms with van der Waals surface area (Å²) in [6.07, 6.45) is -5.66. The van der Waals surface area contributed by atoms with E-state index in [1.54, 1.807) is 20.8 Å². The van der Waals surface area contributed by atoms with Gasteiger partial charge in [0.05, 0.1) is 15.9 Å². The molecule has 14 heteroatoms. The second-order valence-electron chi connectivity index (χ2n) is 8.34. The molecule has 1 aromatic carbocycles. The number of pyridine rings is 1. The highest BCUT2D eigenvalue weighted by molar-refractivity contribution is 7.67. The fourth-order valence-corrected chi connectivity index (χ4v) is 4.81. The predicted molar refractivity (Wildman–Crippen MR) is 121 cm³/mol. The van der Waals surface area contributed by atoms with Crippen LogP contribution in [0.2, 0.25) is 5.02 Å². The highest BCUT2D eigenvalue weighted by Crippen LogP contribution is 2.50. The van der Waals surface area contributed by atoms with E-state index in [-0.39, 0.29) is 17.2 Å². The third kappa shape index (κ3) is 7.16. The molecule has 2 unspecified atom stereocenters. The molecule has 0 fully saturated rings. The van der Waals surface area contributed by atoms with Crippen LogP contribution in [-0.4, -0.2) is 28.3 Å². The minimum Gasteiger partial charge on any atom is -0.438 e. The van der Waals surface area contributed by atoms with Crippen LogP contribution in [0.4, 0.5) is 18.9 Å². The zero-order valence-electron chi connectivity index (χ0n) is 19.4. The number of halogens is 4. The molecule has 0 spiro atoms. The molecule has 192 valence electrons. The molecule has 0 saturated carbocycles. The van der Waals surface area contributed by atoms with Gasteiger partial charge in [-0.2, -0.15) is 13.2 Å². The van der Waals surface area contributed by atoms with Gasteiger partial charge in [-0.25, -0.2) is 4.98 Å². The number of nitro groups is 1. The highest BCUT2D eigenvalue weighted by Gasteiger charge is 2.36. The van der Waals surface area contributed by atoms with E-state index < -0.39 is 58.3 Å². The fraction of sp³-hybridized carbons (Fsp3) is 0.429. The third-order valence-corrected chi connectivity index (χ3v) is 7.31. The van der Waals surface area contributed by atoms with E-state index in [2.05, 4.69) is 4.98 Å². The van der Waals surface area contributed by atoms with Crippen molar-refractivity contribution in [1.82, 2.24) is 4.98 Å². The maximum absolute atomic E-state index is 13.6. The Morgan fingerprint density at radius 2 is 1.89 bits per heavy atom. The van der Waals surface area contributed by atoms with E-state index in [4.69, 9.17) is 25.6 Å². The Morgan fingerprint density at radius 3 is 2.37 bits per heavy atom. The van der Waals surface area contributed by atoms with E-state index in [0.29, 0.717) is 12.3 Å². The molecule has 0 aliphatic carbocycles. The summed E-state index contributed by atoms with van der Waals surface area (Å²) >= 11 is 5.85. The first-order valence-corrected chi connectivity index (χ1v) is 12.3. The van der Waals surface area contributed by atoms with Crippen LogP contribution in [0.5, 0.6) is 11.6 Å². The second-order valence-corrected chi connectivity index (χ2v) is 11.4. The van der Waals surface area contributed by atoms with Crippen LogP contribution >= 0.6 is 19.0 Å². The van der Waals surface area contributed by atoms with Crippen molar-refractivity contribution < 1.29 is 41.5 Å². The molecule has 1 aromatic heterocycles. The molecule has 2 rings (SSSR count). The first-order valence-electron chi connectivity index (χ1n) is 10.2. The summed E-state index contributed by atoms with van der Waals surface area (Å²) in [6, 6.07) is 3.80. The van der Waals surface area contributed by atoms with Crippen molar-refractivity contribution in [2.75, 3.05) is 6.16 Å². The van der Waals surface area contributed by atoms with Gasteiger partial charge in [-0.1, -0.05) is 18.5 Å². The van der Waals surface area contributed by atoms with Crippen LogP contribution in [0.25, 0.3) is 0 Å². The van der Waals surface area contributed by atoms with Crippen LogP contribution < -0.4 is 10.0 Å². The maximum atomic E-state index is 13.6. The van der Waals surface area contributed by atoms with Gasteiger partial charge in [-0.3, -0.25) is 24.0 Å². The molecule has 0 radical (unpaired) electrons. The van der Waals surface area contributed by atoms with Crippen molar-refractivity contribution in [2.45, 2.75) is 47.1 Å². The van der Waals surface area contributed by atoms with Crippen molar-refractivity contribution in [2.24, 2.45) is 5.41 Å². The van der Waals surface area contributed by atoms with Gasteiger partial charge in [0.15, 0.2) is 0 Å². The molecule has 0 amide bonds. The normalized spacial score (nSPS) is 14.7. The van der Waals surface area contributed by atoms with Crippen LogP contribution in [0.15, 0.2) is 30.5 Å². The number of carbonyl (C=O) groups is 1. The number of hydrogen-bond donors (Lipinski definition) is 0. The van der Waals surface area contributed by atoms with Gasteiger partial charge in [-0.15, -0.1) is 0 Å². The van der Waals surface area contributed by atoms with E-state index in [1.807, 2.05) is 0 Å². The van der Waals surface area contributed by atoms with Gasteiger partial charge >= 0.3 is 12.1 Å². The van der Waals surface area contributed by atoms with E-state index in [0.717, 1.165) is 18.2 Å². The SMILES string of the molecule is CCP(=O)(OC(C)OC(=O)C(C)(C)C)c1cc(Oc2ncc(C(F)(F)F)cc2Cl)ccc1[N+](=O)[O-]. The molecule has 0 aliphatic heterocycles. The number of alkyl halides is 3. The topological polar surface area (TPSA) is 118 Å². The first-order chi connectivity index (χ1) is 16.0. The van der Waals surface area contributed by atoms with Crippen LogP contribution in [-0.2, 0) is 24.8 Å². The van der Waals surface area contributed by atoms with Crippen LogP contribution in [0, 0.1) is 15.5 Å². The number of esters is 1. The molecule has 9 nitrogen and oxygen atoms in total. The Labute approximate surface area is 204 Å². The van der Waals surface area contributed by atoms with Crippen molar-refractivity contribution in [3.8, 4) is 11.6 Å². The van der Waals surface area contributed by atoms with E-state index >= 15 is 0 Å². The number of nitro benzene ring substituents is 1. The van der Waals surface area contributed by atoms with E-state index in [1.165, 1.54) is 13.8 Å². The van der Waals surface area contributed by atoms with Crippen molar-refractivity contribution in [3.63, 3.8) is 0 Å². The Balaban J connectivity index is 2.43.